The number of hydrogen-bond donors (Lipinski definition) is 1. The smallest absolute Gasteiger partial charge is 0.191 e. The van der Waals surface area contributed by atoms with Crippen LogP contribution in [0.2, 0.25) is 0 Å². The van der Waals surface area contributed by atoms with Crippen molar-refractivity contribution in [2.24, 2.45) is 10.7 Å². The quantitative estimate of drug-likeness (QED) is 0.447. The molecule has 2 unspecified atom stereocenters. The Morgan fingerprint density at radius 3 is 2.79 bits per heavy atom. The van der Waals surface area contributed by atoms with E-state index >= 15 is 0 Å². The Morgan fingerprint density at radius 1 is 1.47 bits per heavy atom. The van der Waals surface area contributed by atoms with E-state index in [1.54, 1.807) is 0 Å². The largest absolute Gasteiger partial charge is 0.375 e. The monoisotopic (exact) mass is 383 g/mol. The van der Waals surface area contributed by atoms with Gasteiger partial charge in [0.1, 0.15) is 0 Å². The number of nitrogens with zero attached hydrogens (tertiary/aromatic N) is 2. The van der Waals surface area contributed by atoms with E-state index < -0.39 is 0 Å². The Bertz CT molecular complexity index is 323. The first-order valence-electron chi connectivity index (χ1n) is 6.80. The maximum absolute atomic E-state index is 6.02. The van der Waals surface area contributed by atoms with E-state index in [0.29, 0.717) is 12.5 Å². The molecule has 2 aliphatic rings. The SMILES string of the molecule is CC1CN(C(N)=NCC2CCC(C)(C)O2)CCO1.I. The van der Waals surface area contributed by atoms with Gasteiger partial charge in [-0.25, -0.2) is 0 Å². The van der Waals surface area contributed by atoms with E-state index in [-0.39, 0.29) is 41.8 Å². The molecule has 5 nitrogen and oxygen atoms in total. The number of nitrogens with two attached hydrogens (primary N) is 1. The summed E-state index contributed by atoms with van der Waals surface area (Å²) in [5.74, 6) is 0.624. The van der Waals surface area contributed by atoms with Crippen molar-refractivity contribution in [3.63, 3.8) is 0 Å². The summed E-state index contributed by atoms with van der Waals surface area (Å²) < 4.78 is 11.4. The molecule has 0 aromatic rings. The third-order valence-corrected chi connectivity index (χ3v) is 3.58. The second kappa shape index (κ2) is 7.08. The van der Waals surface area contributed by atoms with Crippen LogP contribution in [-0.2, 0) is 9.47 Å². The lowest BCUT2D eigenvalue weighted by Crippen LogP contribution is -2.48. The van der Waals surface area contributed by atoms with Crippen molar-refractivity contribution in [3.05, 3.63) is 0 Å². The van der Waals surface area contributed by atoms with Crippen molar-refractivity contribution < 1.29 is 9.47 Å². The van der Waals surface area contributed by atoms with Crippen molar-refractivity contribution in [3.8, 4) is 0 Å². The van der Waals surface area contributed by atoms with Gasteiger partial charge in [0.25, 0.3) is 0 Å². The molecule has 2 rings (SSSR count). The summed E-state index contributed by atoms with van der Waals surface area (Å²) in [6, 6.07) is 0. The number of ether oxygens (including phenoxy) is 2. The third kappa shape index (κ3) is 5.07. The minimum atomic E-state index is 0. The van der Waals surface area contributed by atoms with E-state index in [1.165, 1.54) is 0 Å². The molecule has 0 aromatic carbocycles. The molecule has 0 bridgehead atoms. The maximum atomic E-state index is 6.02. The zero-order chi connectivity index (χ0) is 13.2. The highest BCUT2D eigenvalue weighted by Gasteiger charge is 2.31. The van der Waals surface area contributed by atoms with E-state index in [1.807, 2.05) is 0 Å². The van der Waals surface area contributed by atoms with Gasteiger partial charge in [-0.2, -0.15) is 0 Å². The van der Waals surface area contributed by atoms with Crippen LogP contribution in [0.25, 0.3) is 0 Å². The Labute approximate surface area is 132 Å². The topological polar surface area (TPSA) is 60.1 Å². The van der Waals surface area contributed by atoms with Gasteiger partial charge >= 0.3 is 0 Å². The van der Waals surface area contributed by atoms with Gasteiger partial charge in [-0.15, -0.1) is 24.0 Å². The van der Waals surface area contributed by atoms with Crippen LogP contribution < -0.4 is 5.73 Å². The molecule has 6 heteroatoms. The van der Waals surface area contributed by atoms with Gasteiger partial charge in [-0.3, -0.25) is 4.99 Å². The Morgan fingerprint density at radius 2 is 2.21 bits per heavy atom. The molecule has 2 heterocycles. The minimum Gasteiger partial charge on any atom is -0.375 e. The predicted octanol–water partition coefficient (Wildman–Crippen LogP) is 1.60. The molecule has 2 aliphatic heterocycles. The molecular weight excluding hydrogens is 357 g/mol. The van der Waals surface area contributed by atoms with Crippen LogP contribution in [0, 0.1) is 0 Å². The molecular formula is C13H26IN3O2. The second-order valence-corrected chi connectivity index (χ2v) is 5.86. The highest BCUT2D eigenvalue weighted by molar-refractivity contribution is 14.0. The molecule has 0 aromatic heterocycles. The molecule has 2 N–H and O–H groups in total. The molecule has 19 heavy (non-hydrogen) atoms. The average Bonchev–Trinajstić information content (AvgIpc) is 2.66. The Hall–Kier alpha value is -0.0800. The maximum Gasteiger partial charge on any atom is 0.191 e. The first-order chi connectivity index (χ1) is 8.46. The molecule has 0 amide bonds. The molecule has 2 saturated heterocycles. The minimum absolute atomic E-state index is 0. The summed E-state index contributed by atoms with van der Waals surface area (Å²) in [5, 5.41) is 0. The van der Waals surface area contributed by atoms with Gasteiger partial charge in [0, 0.05) is 13.1 Å². The molecule has 0 aliphatic carbocycles. The van der Waals surface area contributed by atoms with E-state index in [0.717, 1.165) is 32.5 Å². The van der Waals surface area contributed by atoms with Crippen LogP contribution in [0.5, 0.6) is 0 Å². The van der Waals surface area contributed by atoms with Crippen LogP contribution in [0.1, 0.15) is 33.6 Å². The molecule has 0 radical (unpaired) electrons. The molecule has 0 spiro atoms. The standard InChI is InChI=1S/C13H25N3O2.HI/c1-10-9-16(6-7-17-10)12(14)15-8-11-4-5-13(2,3)18-11;/h10-11H,4-9H2,1-3H3,(H2,14,15);1H. The van der Waals surface area contributed by atoms with E-state index in [9.17, 15) is 0 Å². The Kier molecular flexibility index (Phi) is 6.32. The van der Waals surface area contributed by atoms with Gasteiger partial charge in [-0.05, 0) is 33.6 Å². The lowest BCUT2D eigenvalue weighted by molar-refractivity contribution is -0.0111. The summed E-state index contributed by atoms with van der Waals surface area (Å²) in [6.45, 7) is 9.36. The molecule has 2 atom stereocenters. The van der Waals surface area contributed by atoms with Gasteiger partial charge in [0.15, 0.2) is 5.96 Å². The molecule has 112 valence electrons. The van der Waals surface area contributed by atoms with Crippen molar-refractivity contribution in [2.45, 2.75) is 51.4 Å². The van der Waals surface area contributed by atoms with Crippen LogP contribution in [-0.4, -0.2) is 54.9 Å². The summed E-state index contributed by atoms with van der Waals surface area (Å²) in [7, 11) is 0. The third-order valence-electron chi connectivity index (χ3n) is 3.58. The summed E-state index contributed by atoms with van der Waals surface area (Å²) in [6.07, 6.45) is 2.62. The van der Waals surface area contributed by atoms with Crippen molar-refractivity contribution in [2.75, 3.05) is 26.2 Å². The number of halogens is 1. The second-order valence-electron chi connectivity index (χ2n) is 5.86. The summed E-state index contributed by atoms with van der Waals surface area (Å²) >= 11 is 0. The van der Waals surface area contributed by atoms with Crippen molar-refractivity contribution >= 4 is 29.9 Å². The fourth-order valence-electron chi connectivity index (χ4n) is 2.53. The lowest BCUT2D eigenvalue weighted by Gasteiger charge is -2.32. The molecule has 2 fully saturated rings. The Balaban J connectivity index is 0.00000180. The number of rotatable bonds is 2. The predicted molar refractivity (Wildman–Crippen MR) is 87.1 cm³/mol. The van der Waals surface area contributed by atoms with Gasteiger partial charge in [0.2, 0.25) is 0 Å². The fraction of sp³-hybridized carbons (Fsp3) is 0.923. The van der Waals surface area contributed by atoms with E-state index in [2.05, 4.69) is 30.7 Å². The summed E-state index contributed by atoms with van der Waals surface area (Å²) in [5.41, 5.74) is 6.02. The first-order valence-corrected chi connectivity index (χ1v) is 6.80. The first kappa shape index (κ1) is 17.0. The van der Waals surface area contributed by atoms with Gasteiger partial charge in [0.05, 0.1) is 31.0 Å². The highest BCUT2D eigenvalue weighted by Crippen LogP contribution is 2.29. The normalized spacial score (nSPS) is 31.1. The van der Waals surface area contributed by atoms with Crippen LogP contribution in [0.4, 0.5) is 0 Å². The van der Waals surface area contributed by atoms with Crippen LogP contribution >= 0.6 is 24.0 Å². The molecule has 0 saturated carbocycles. The van der Waals surface area contributed by atoms with E-state index in [4.69, 9.17) is 15.2 Å². The van der Waals surface area contributed by atoms with Crippen LogP contribution in [0.3, 0.4) is 0 Å². The van der Waals surface area contributed by atoms with Gasteiger partial charge < -0.3 is 20.1 Å². The lowest BCUT2D eigenvalue weighted by atomic mass is 10.1. The average molecular weight is 383 g/mol. The van der Waals surface area contributed by atoms with Crippen molar-refractivity contribution in [1.29, 1.82) is 0 Å². The zero-order valence-corrected chi connectivity index (χ0v) is 14.4. The van der Waals surface area contributed by atoms with Crippen LogP contribution in [0.15, 0.2) is 4.99 Å². The van der Waals surface area contributed by atoms with Gasteiger partial charge in [-0.1, -0.05) is 0 Å². The number of morpholine rings is 1. The summed E-state index contributed by atoms with van der Waals surface area (Å²) in [4.78, 5) is 6.56. The number of hydrogen-bond acceptors (Lipinski definition) is 3. The number of guanidine groups is 1. The highest BCUT2D eigenvalue weighted by atomic mass is 127. The number of aliphatic imine (C=N–C) groups is 1. The van der Waals surface area contributed by atoms with Crippen molar-refractivity contribution in [1.82, 2.24) is 4.90 Å². The fourth-order valence-corrected chi connectivity index (χ4v) is 2.53. The zero-order valence-electron chi connectivity index (χ0n) is 12.1.